The summed E-state index contributed by atoms with van der Waals surface area (Å²) in [5.74, 6) is 0.419. The topological polar surface area (TPSA) is 20.7 Å². The zero-order valence-corrected chi connectivity index (χ0v) is 13.0. The lowest BCUT2D eigenvalue weighted by Gasteiger charge is -2.14. The van der Waals surface area contributed by atoms with Gasteiger partial charge >= 0.3 is 0 Å². The third kappa shape index (κ3) is 1.87. The van der Waals surface area contributed by atoms with Crippen molar-refractivity contribution in [3.8, 4) is 0 Å². The molecule has 0 saturated heterocycles. The molecule has 0 radical (unpaired) electrons. The predicted octanol–water partition coefficient (Wildman–Crippen LogP) is 5.20. The summed E-state index contributed by atoms with van der Waals surface area (Å²) in [7, 11) is 2.13. The Hall–Kier alpha value is -2.48. The lowest BCUT2D eigenvalue weighted by molar-refractivity contribution is 0.782. The van der Waals surface area contributed by atoms with Crippen LogP contribution in [0.25, 0.3) is 21.8 Å². The van der Waals surface area contributed by atoms with Gasteiger partial charge in [-0.05, 0) is 29.7 Å². The Labute approximate surface area is 130 Å². The van der Waals surface area contributed by atoms with Gasteiger partial charge in [0.05, 0.1) is 0 Å². The summed E-state index contributed by atoms with van der Waals surface area (Å²) in [5.41, 5.74) is 5.34. The normalized spacial score (nSPS) is 13.0. The van der Waals surface area contributed by atoms with Crippen LogP contribution in [0.3, 0.4) is 0 Å². The Morgan fingerprint density at radius 2 is 1.68 bits per heavy atom. The molecule has 2 nitrogen and oxygen atoms in total. The van der Waals surface area contributed by atoms with Crippen molar-refractivity contribution < 1.29 is 0 Å². The van der Waals surface area contributed by atoms with Crippen molar-refractivity contribution in [1.82, 2.24) is 9.55 Å². The molecule has 0 spiro atoms. The van der Waals surface area contributed by atoms with Crippen LogP contribution in [0.1, 0.15) is 30.4 Å². The number of fused-ring (bicyclic) bond motifs is 2. The first kappa shape index (κ1) is 13.2. The van der Waals surface area contributed by atoms with E-state index in [-0.39, 0.29) is 0 Å². The second kappa shape index (κ2) is 5.06. The maximum atomic E-state index is 3.42. The molecule has 0 amide bonds. The number of aromatic amines is 1. The first-order valence-corrected chi connectivity index (χ1v) is 7.89. The third-order valence-corrected chi connectivity index (χ3v) is 4.71. The first-order chi connectivity index (χ1) is 10.8. The largest absolute Gasteiger partial charge is 0.361 e. The van der Waals surface area contributed by atoms with E-state index in [1.165, 1.54) is 32.9 Å². The average molecular weight is 288 g/mol. The number of hydrogen-bond acceptors (Lipinski definition) is 0. The van der Waals surface area contributed by atoms with E-state index in [2.05, 4.69) is 84.4 Å². The van der Waals surface area contributed by atoms with Crippen LogP contribution >= 0.6 is 0 Å². The van der Waals surface area contributed by atoms with E-state index in [9.17, 15) is 0 Å². The molecule has 1 atom stereocenters. The van der Waals surface area contributed by atoms with E-state index in [0.717, 1.165) is 6.42 Å². The molecule has 0 fully saturated rings. The molecule has 0 saturated carbocycles. The SMILES string of the molecule is CCC(c1c[nH]c2ccccc12)c1cn(C)c2ccccc12. The Morgan fingerprint density at radius 3 is 2.50 bits per heavy atom. The second-order valence-corrected chi connectivity index (χ2v) is 5.96. The van der Waals surface area contributed by atoms with Gasteiger partial charge in [-0.15, -0.1) is 0 Å². The summed E-state index contributed by atoms with van der Waals surface area (Å²) in [6.07, 6.45) is 5.57. The minimum Gasteiger partial charge on any atom is -0.361 e. The molecule has 22 heavy (non-hydrogen) atoms. The molecular formula is C20H20N2. The predicted molar refractivity (Wildman–Crippen MR) is 93.4 cm³/mol. The fourth-order valence-corrected chi connectivity index (χ4v) is 3.64. The summed E-state index contributed by atoms with van der Waals surface area (Å²) < 4.78 is 2.24. The fourth-order valence-electron chi connectivity index (χ4n) is 3.64. The number of nitrogens with zero attached hydrogens (tertiary/aromatic N) is 1. The van der Waals surface area contributed by atoms with Crippen LogP contribution < -0.4 is 0 Å². The van der Waals surface area contributed by atoms with Crippen LogP contribution in [0.15, 0.2) is 60.9 Å². The molecule has 2 aromatic carbocycles. The number of benzene rings is 2. The summed E-state index contributed by atoms with van der Waals surface area (Å²) in [5, 5.41) is 2.70. The van der Waals surface area contributed by atoms with Gasteiger partial charge in [-0.1, -0.05) is 43.3 Å². The van der Waals surface area contributed by atoms with Crippen LogP contribution in [-0.2, 0) is 7.05 Å². The molecule has 0 aliphatic heterocycles. The molecule has 4 rings (SSSR count). The summed E-state index contributed by atoms with van der Waals surface area (Å²) in [4.78, 5) is 3.42. The van der Waals surface area contributed by atoms with Gasteiger partial charge in [-0.3, -0.25) is 0 Å². The van der Waals surface area contributed by atoms with E-state index in [1.807, 2.05) is 0 Å². The number of H-pyrrole nitrogens is 1. The highest BCUT2D eigenvalue weighted by molar-refractivity contribution is 5.88. The average Bonchev–Trinajstić information content (AvgIpc) is 3.12. The van der Waals surface area contributed by atoms with Crippen LogP contribution in [0.4, 0.5) is 0 Å². The quantitative estimate of drug-likeness (QED) is 0.535. The van der Waals surface area contributed by atoms with Gasteiger partial charge in [0.1, 0.15) is 0 Å². The summed E-state index contributed by atoms with van der Waals surface area (Å²) >= 11 is 0. The first-order valence-electron chi connectivity index (χ1n) is 7.89. The maximum Gasteiger partial charge on any atom is 0.0480 e. The van der Waals surface area contributed by atoms with Crippen LogP contribution in [0.5, 0.6) is 0 Å². The zero-order chi connectivity index (χ0) is 15.1. The van der Waals surface area contributed by atoms with Crippen LogP contribution in [0.2, 0.25) is 0 Å². The number of aromatic nitrogens is 2. The fraction of sp³-hybridized carbons (Fsp3) is 0.200. The van der Waals surface area contributed by atoms with Gasteiger partial charge in [0.2, 0.25) is 0 Å². The highest BCUT2D eigenvalue weighted by atomic mass is 14.9. The van der Waals surface area contributed by atoms with E-state index in [0.29, 0.717) is 5.92 Å². The van der Waals surface area contributed by atoms with Crippen molar-refractivity contribution in [1.29, 1.82) is 0 Å². The minimum absolute atomic E-state index is 0.419. The smallest absolute Gasteiger partial charge is 0.0480 e. The van der Waals surface area contributed by atoms with E-state index in [4.69, 9.17) is 0 Å². The summed E-state index contributed by atoms with van der Waals surface area (Å²) in [6, 6.07) is 17.2. The number of aryl methyl sites for hydroxylation is 1. The number of hydrogen-bond donors (Lipinski definition) is 1. The molecule has 0 aliphatic carbocycles. The maximum absolute atomic E-state index is 3.42. The number of para-hydroxylation sites is 2. The molecule has 2 aromatic heterocycles. The van der Waals surface area contributed by atoms with Gasteiger partial charge in [0.25, 0.3) is 0 Å². The van der Waals surface area contributed by atoms with E-state index < -0.39 is 0 Å². The zero-order valence-electron chi connectivity index (χ0n) is 13.0. The second-order valence-electron chi connectivity index (χ2n) is 5.96. The van der Waals surface area contributed by atoms with Gasteiger partial charge < -0.3 is 9.55 Å². The molecule has 4 aromatic rings. The molecule has 1 N–H and O–H groups in total. The van der Waals surface area contributed by atoms with Gasteiger partial charge in [-0.2, -0.15) is 0 Å². The Kier molecular flexibility index (Phi) is 3.04. The molecule has 0 bridgehead atoms. The van der Waals surface area contributed by atoms with Crippen molar-refractivity contribution in [2.45, 2.75) is 19.3 Å². The summed E-state index contributed by atoms with van der Waals surface area (Å²) in [6.45, 7) is 2.27. The number of rotatable bonds is 3. The van der Waals surface area contributed by atoms with E-state index in [1.54, 1.807) is 0 Å². The van der Waals surface area contributed by atoms with Gasteiger partial charge in [0, 0.05) is 47.2 Å². The lowest BCUT2D eigenvalue weighted by atomic mass is 9.89. The molecule has 110 valence electrons. The van der Waals surface area contributed by atoms with Crippen LogP contribution in [-0.4, -0.2) is 9.55 Å². The standard InChI is InChI=1S/C20H20N2/c1-3-14(17-12-21-19-10-6-4-8-15(17)19)18-13-22(2)20-11-7-5-9-16(18)20/h4-14,21H,3H2,1-2H3. The third-order valence-electron chi connectivity index (χ3n) is 4.71. The monoisotopic (exact) mass is 288 g/mol. The molecule has 2 heterocycles. The van der Waals surface area contributed by atoms with Crippen molar-refractivity contribution in [3.63, 3.8) is 0 Å². The Morgan fingerprint density at radius 1 is 0.955 bits per heavy atom. The van der Waals surface area contributed by atoms with E-state index >= 15 is 0 Å². The minimum atomic E-state index is 0.419. The van der Waals surface area contributed by atoms with Gasteiger partial charge in [-0.25, -0.2) is 0 Å². The Bertz CT molecular complexity index is 943. The molecule has 1 unspecified atom stereocenters. The Balaban J connectivity index is 1.95. The van der Waals surface area contributed by atoms with Crippen LogP contribution in [0, 0.1) is 0 Å². The molecule has 0 aliphatic rings. The van der Waals surface area contributed by atoms with Crippen molar-refractivity contribution in [3.05, 3.63) is 72.1 Å². The van der Waals surface area contributed by atoms with Crippen molar-refractivity contribution in [2.24, 2.45) is 7.05 Å². The molecular weight excluding hydrogens is 268 g/mol. The lowest BCUT2D eigenvalue weighted by Crippen LogP contribution is -1.98. The van der Waals surface area contributed by atoms with Gasteiger partial charge in [0.15, 0.2) is 0 Å². The van der Waals surface area contributed by atoms with Crippen molar-refractivity contribution >= 4 is 21.8 Å². The number of nitrogens with one attached hydrogen (secondary N) is 1. The highest BCUT2D eigenvalue weighted by Gasteiger charge is 2.20. The highest BCUT2D eigenvalue weighted by Crippen LogP contribution is 2.37. The molecule has 2 heteroatoms. The van der Waals surface area contributed by atoms with Crippen molar-refractivity contribution in [2.75, 3.05) is 0 Å².